The quantitative estimate of drug-likeness (QED) is 0.589. The maximum Gasteiger partial charge on any atom is 0.236 e. The highest BCUT2D eigenvalue weighted by molar-refractivity contribution is 8.09. The molecule has 6 rings (SSSR count). The fourth-order valence-electron chi connectivity index (χ4n) is 4.62. The fraction of sp³-hybridized carbons (Fsp3) is 0.417. The first-order chi connectivity index (χ1) is 16.1. The van der Waals surface area contributed by atoms with Gasteiger partial charge in [0, 0.05) is 43.9 Å². The third-order valence-corrected chi connectivity index (χ3v) is 7.88. The van der Waals surface area contributed by atoms with Crippen molar-refractivity contribution < 1.29 is 9.53 Å². The number of likely N-dealkylation sites (N-methyl/N-ethyl adjacent to an activating group) is 1. The largest absolute Gasteiger partial charge is 0.493 e. The van der Waals surface area contributed by atoms with Crippen LogP contribution in [0.2, 0.25) is 0 Å². The first kappa shape index (κ1) is 20.7. The van der Waals surface area contributed by atoms with Crippen molar-refractivity contribution in [2.75, 3.05) is 39.8 Å². The number of carbonyl (C=O) groups excluding carboxylic acids is 1. The van der Waals surface area contributed by atoms with E-state index in [9.17, 15) is 4.79 Å². The van der Waals surface area contributed by atoms with Crippen LogP contribution in [0.25, 0.3) is 10.6 Å². The molecule has 1 fully saturated rings. The number of benzene rings is 1. The highest BCUT2D eigenvalue weighted by atomic mass is 32.2. The number of allylic oxidation sites excluding steroid dienone is 1. The lowest BCUT2D eigenvalue weighted by Gasteiger charge is -2.33. The molecule has 3 aliphatic heterocycles. The number of fused-ring (bicyclic) bond motifs is 2. The molecular formula is C24H26N6O2S. The number of ether oxygens (including phenoxy) is 1. The lowest BCUT2D eigenvalue weighted by atomic mass is 10.1. The first-order valence-electron chi connectivity index (χ1n) is 11.4. The van der Waals surface area contributed by atoms with Gasteiger partial charge in [0.25, 0.3) is 0 Å². The van der Waals surface area contributed by atoms with E-state index in [0.29, 0.717) is 6.42 Å². The number of carbonyl (C=O) groups is 1. The van der Waals surface area contributed by atoms with Crippen LogP contribution in [-0.2, 0) is 17.6 Å². The molecular weight excluding hydrogens is 436 g/mol. The minimum Gasteiger partial charge on any atom is -0.493 e. The Labute approximate surface area is 196 Å². The number of nitrogens with zero attached hydrogens (tertiary/aromatic N) is 6. The second-order valence-electron chi connectivity index (χ2n) is 8.86. The Balaban J connectivity index is 1.19. The molecule has 0 spiro atoms. The van der Waals surface area contributed by atoms with Crippen LogP contribution in [0.3, 0.4) is 0 Å². The number of hydrogen-bond acceptors (Lipinski definition) is 7. The summed E-state index contributed by atoms with van der Waals surface area (Å²) in [5.74, 6) is 2.03. The molecule has 1 unspecified atom stereocenters. The van der Waals surface area contributed by atoms with E-state index in [0.717, 1.165) is 73.4 Å². The Hall–Kier alpha value is -2.91. The zero-order valence-corrected chi connectivity index (χ0v) is 19.4. The molecule has 170 valence electrons. The summed E-state index contributed by atoms with van der Waals surface area (Å²) in [6.07, 6.45) is 4.49. The lowest BCUT2D eigenvalue weighted by molar-refractivity contribution is -0.132. The normalized spacial score (nSPS) is 20.7. The SMILES string of the molecule is CN1CCN(C(=O)C2CC=C(c3ccc4nnc(Cc5ccc6c(c5)CCO6)n4n3)S2)CC1. The predicted octanol–water partition coefficient (Wildman–Crippen LogP) is 2.27. The number of piperazine rings is 1. The smallest absolute Gasteiger partial charge is 0.236 e. The number of amides is 1. The summed E-state index contributed by atoms with van der Waals surface area (Å²) in [5, 5.41) is 13.5. The second kappa shape index (κ2) is 8.46. The molecule has 33 heavy (non-hydrogen) atoms. The summed E-state index contributed by atoms with van der Waals surface area (Å²) in [6.45, 7) is 4.25. The minimum absolute atomic E-state index is 0.0603. The topological polar surface area (TPSA) is 75.9 Å². The molecule has 1 aromatic carbocycles. The molecule has 8 nitrogen and oxygen atoms in total. The van der Waals surface area contributed by atoms with Crippen molar-refractivity contribution in [1.29, 1.82) is 0 Å². The van der Waals surface area contributed by atoms with Crippen molar-refractivity contribution in [3.8, 4) is 5.75 Å². The Bertz CT molecular complexity index is 1250. The van der Waals surface area contributed by atoms with Crippen LogP contribution in [-0.4, -0.2) is 80.6 Å². The summed E-state index contributed by atoms with van der Waals surface area (Å²) in [5.41, 5.74) is 4.02. The standard InChI is InChI=1S/C24H26N6O2S/c1-28-9-11-29(12-10-28)24(31)21-6-5-20(33-21)18-3-7-22-25-26-23(30(22)27-18)15-16-2-4-19-17(14-16)8-13-32-19/h2-5,7,14,21H,6,8-13,15H2,1H3. The summed E-state index contributed by atoms with van der Waals surface area (Å²) in [4.78, 5) is 18.3. The van der Waals surface area contributed by atoms with E-state index in [4.69, 9.17) is 9.84 Å². The van der Waals surface area contributed by atoms with Crippen LogP contribution in [0, 0.1) is 0 Å². The van der Waals surface area contributed by atoms with Gasteiger partial charge in [-0.15, -0.1) is 22.0 Å². The monoisotopic (exact) mass is 462 g/mol. The van der Waals surface area contributed by atoms with Crippen molar-refractivity contribution in [2.45, 2.75) is 24.5 Å². The molecule has 0 saturated carbocycles. The Kier molecular flexibility index (Phi) is 5.30. The van der Waals surface area contributed by atoms with E-state index in [-0.39, 0.29) is 11.2 Å². The molecule has 0 N–H and O–H groups in total. The minimum atomic E-state index is -0.0603. The second-order valence-corrected chi connectivity index (χ2v) is 10.1. The van der Waals surface area contributed by atoms with Gasteiger partial charge in [-0.2, -0.15) is 9.61 Å². The van der Waals surface area contributed by atoms with E-state index in [2.05, 4.69) is 40.4 Å². The molecule has 0 bridgehead atoms. The molecule has 0 radical (unpaired) electrons. The number of hydrogen-bond donors (Lipinski definition) is 0. The van der Waals surface area contributed by atoms with E-state index >= 15 is 0 Å². The highest BCUT2D eigenvalue weighted by Gasteiger charge is 2.31. The van der Waals surface area contributed by atoms with Crippen molar-refractivity contribution >= 4 is 28.2 Å². The van der Waals surface area contributed by atoms with Gasteiger partial charge < -0.3 is 14.5 Å². The van der Waals surface area contributed by atoms with Gasteiger partial charge in [-0.1, -0.05) is 18.2 Å². The van der Waals surface area contributed by atoms with E-state index < -0.39 is 0 Å². The molecule has 3 aliphatic rings. The lowest BCUT2D eigenvalue weighted by Crippen LogP contribution is -2.49. The van der Waals surface area contributed by atoms with Gasteiger partial charge in [0.2, 0.25) is 5.91 Å². The molecule has 1 amide bonds. The van der Waals surface area contributed by atoms with Gasteiger partial charge in [-0.05, 0) is 42.8 Å². The van der Waals surface area contributed by atoms with Crippen molar-refractivity contribution in [3.63, 3.8) is 0 Å². The molecule has 5 heterocycles. The highest BCUT2D eigenvalue weighted by Crippen LogP contribution is 2.39. The maximum absolute atomic E-state index is 13.0. The van der Waals surface area contributed by atoms with Crippen LogP contribution in [0.5, 0.6) is 5.75 Å². The molecule has 3 aromatic rings. The first-order valence-corrected chi connectivity index (χ1v) is 12.3. The van der Waals surface area contributed by atoms with Gasteiger partial charge in [0.15, 0.2) is 11.5 Å². The van der Waals surface area contributed by atoms with E-state index in [1.54, 1.807) is 11.8 Å². The van der Waals surface area contributed by atoms with Crippen LogP contribution in [0.1, 0.15) is 29.1 Å². The average molecular weight is 463 g/mol. The van der Waals surface area contributed by atoms with Gasteiger partial charge in [0.05, 0.1) is 17.6 Å². The van der Waals surface area contributed by atoms with Crippen molar-refractivity contribution in [3.05, 3.63) is 59.1 Å². The van der Waals surface area contributed by atoms with Crippen LogP contribution in [0.15, 0.2) is 36.4 Å². The van der Waals surface area contributed by atoms with Crippen molar-refractivity contribution in [1.82, 2.24) is 29.6 Å². The zero-order valence-electron chi connectivity index (χ0n) is 18.6. The predicted molar refractivity (Wildman–Crippen MR) is 127 cm³/mol. The third kappa shape index (κ3) is 4.00. The molecule has 0 aliphatic carbocycles. The number of rotatable bonds is 4. The van der Waals surface area contributed by atoms with Crippen LogP contribution < -0.4 is 4.74 Å². The summed E-state index contributed by atoms with van der Waals surface area (Å²) in [7, 11) is 2.10. The molecule has 1 atom stereocenters. The van der Waals surface area contributed by atoms with Gasteiger partial charge in [-0.25, -0.2) is 0 Å². The molecule has 9 heteroatoms. The van der Waals surface area contributed by atoms with E-state index in [1.165, 1.54) is 11.1 Å². The van der Waals surface area contributed by atoms with Gasteiger partial charge in [0.1, 0.15) is 5.75 Å². The Morgan fingerprint density at radius 3 is 2.91 bits per heavy atom. The average Bonchev–Trinajstić information content (AvgIpc) is 3.59. The fourth-order valence-corrected chi connectivity index (χ4v) is 5.79. The van der Waals surface area contributed by atoms with Crippen molar-refractivity contribution in [2.24, 2.45) is 0 Å². The number of aromatic nitrogens is 4. The molecule has 2 aromatic heterocycles. The summed E-state index contributed by atoms with van der Waals surface area (Å²) >= 11 is 1.63. The van der Waals surface area contributed by atoms with Crippen LogP contribution in [0.4, 0.5) is 0 Å². The zero-order chi connectivity index (χ0) is 22.4. The Morgan fingerprint density at radius 2 is 2.03 bits per heavy atom. The van der Waals surface area contributed by atoms with Gasteiger partial charge >= 0.3 is 0 Å². The van der Waals surface area contributed by atoms with Crippen LogP contribution >= 0.6 is 11.8 Å². The van der Waals surface area contributed by atoms with Gasteiger partial charge in [-0.3, -0.25) is 4.79 Å². The third-order valence-electron chi connectivity index (χ3n) is 6.57. The molecule has 1 saturated heterocycles. The maximum atomic E-state index is 13.0. The van der Waals surface area contributed by atoms with E-state index in [1.807, 2.05) is 27.6 Å². The summed E-state index contributed by atoms with van der Waals surface area (Å²) < 4.78 is 7.45. The Morgan fingerprint density at radius 1 is 1.15 bits per heavy atom. The summed E-state index contributed by atoms with van der Waals surface area (Å²) in [6, 6.07) is 10.2. The number of thioether (sulfide) groups is 1.